The van der Waals surface area contributed by atoms with Crippen molar-refractivity contribution in [3.63, 3.8) is 0 Å². The predicted molar refractivity (Wildman–Crippen MR) is 84.0 cm³/mol. The van der Waals surface area contributed by atoms with Crippen LogP contribution >= 0.6 is 0 Å². The van der Waals surface area contributed by atoms with Gasteiger partial charge >= 0.3 is 0 Å². The Morgan fingerprint density at radius 3 is 2.30 bits per heavy atom. The molecule has 0 saturated heterocycles. The first kappa shape index (κ1) is 14.3. The van der Waals surface area contributed by atoms with Crippen LogP contribution in [-0.2, 0) is 0 Å². The van der Waals surface area contributed by atoms with E-state index in [0.717, 1.165) is 11.5 Å². The molecule has 2 aromatic rings. The highest BCUT2D eigenvalue weighted by Crippen LogP contribution is 2.18. The van der Waals surface area contributed by atoms with Crippen molar-refractivity contribution < 1.29 is 0 Å². The van der Waals surface area contributed by atoms with E-state index < -0.39 is 0 Å². The van der Waals surface area contributed by atoms with Gasteiger partial charge in [0, 0.05) is 17.8 Å². The maximum Gasteiger partial charge on any atom is 0.225 e. The summed E-state index contributed by atoms with van der Waals surface area (Å²) in [6, 6.07) is 12.8. The Labute approximate surface area is 120 Å². The van der Waals surface area contributed by atoms with Crippen LogP contribution < -0.4 is 10.6 Å². The summed E-state index contributed by atoms with van der Waals surface area (Å²) < 4.78 is 0. The van der Waals surface area contributed by atoms with Gasteiger partial charge in [0.2, 0.25) is 5.95 Å². The Morgan fingerprint density at radius 1 is 0.950 bits per heavy atom. The Kier molecular flexibility index (Phi) is 4.56. The molecule has 2 N–H and O–H groups in total. The van der Waals surface area contributed by atoms with Crippen molar-refractivity contribution in [2.24, 2.45) is 0 Å². The molecule has 20 heavy (non-hydrogen) atoms. The summed E-state index contributed by atoms with van der Waals surface area (Å²) in [4.78, 5) is 8.95. The quantitative estimate of drug-likeness (QED) is 0.868. The highest BCUT2D eigenvalue weighted by atomic mass is 15.2. The predicted octanol–water partition coefficient (Wildman–Crippen LogP) is 3.78. The minimum absolute atomic E-state index is 0.171. The maximum atomic E-state index is 4.51. The molecule has 1 aromatic heterocycles. The third-order valence-corrected chi connectivity index (χ3v) is 2.94. The normalized spacial score (nSPS) is 12.2. The first-order chi connectivity index (χ1) is 9.54. The summed E-state index contributed by atoms with van der Waals surface area (Å²) in [7, 11) is 0. The first-order valence-corrected chi connectivity index (χ1v) is 6.98. The molecule has 0 spiro atoms. The van der Waals surface area contributed by atoms with Gasteiger partial charge < -0.3 is 10.6 Å². The molecule has 0 aliphatic rings. The molecule has 2 rings (SSSR count). The molecule has 4 heteroatoms. The van der Waals surface area contributed by atoms with Crippen molar-refractivity contribution in [1.29, 1.82) is 0 Å². The van der Waals surface area contributed by atoms with Crippen LogP contribution in [0.2, 0.25) is 0 Å². The number of benzene rings is 1. The van der Waals surface area contributed by atoms with E-state index in [-0.39, 0.29) is 6.04 Å². The van der Waals surface area contributed by atoms with E-state index in [2.05, 4.69) is 53.5 Å². The molecular weight excluding hydrogens is 248 g/mol. The molecular formula is C16H22N4. The van der Waals surface area contributed by atoms with Crippen LogP contribution in [0.4, 0.5) is 11.8 Å². The Bertz CT molecular complexity index is 552. The molecule has 0 amide bonds. The van der Waals surface area contributed by atoms with E-state index in [1.165, 1.54) is 5.56 Å². The molecule has 0 aliphatic carbocycles. The molecule has 1 unspecified atom stereocenters. The van der Waals surface area contributed by atoms with Gasteiger partial charge in [-0.2, -0.15) is 4.98 Å². The molecule has 0 saturated carbocycles. The lowest BCUT2D eigenvalue weighted by Crippen LogP contribution is -2.14. The zero-order valence-corrected chi connectivity index (χ0v) is 12.5. The van der Waals surface area contributed by atoms with Gasteiger partial charge in [-0.1, -0.05) is 30.3 Å². The SMILES string of the molecule is Cc1cc(NC(C)C)nc(NC(C)c2ccccc2)n1. The molecule has 1 atom stereocenters. The third kappa shape index (κ3) is 3.95. The van der Waals surface area contributed by atoms with Crippen molar-refractivity contribution in [3.8, 4) is 0 Å². The minimum atomic E-state index is 0.171. The summed E-state index contributed by atoms with van der Waals surface area (Å²) >= 11 is 0. The fourth-order valence-corrected chi connectivity index (χ4v) is 2.02. The van der Waals surface area contributed by atoms with E-state index in [1.807, 2.05) is 31.2 Å². The highest BCUT2D eigenvalue weighted by Gasteiger charge is 2.08. The average Bonchev–Trinajstić information content (AvgIpc) is 2.38. The van der Waals surface area contributed by atoms with Gasteiger partial charge in [-0.05, 0) is 33.3 Å². The third-order valence-electron chi connectivity index (χ3n) is 2.94. The number of nitrogens with zero attached hydrogens (tertiary/aromatic N) is 2. The molecule has 0 bridgehead atoms. The Morgan fingerprint density at radius 2 is 1.65 bits per heavy atom. The number of aromatic nitrogens is 2. The monoisotopic (exact) mass is 270 g/mol. The Hall–Kier alpha value is -2.10. The molecule has 1 aromatic carbocycles. The smallest absolute Gasteiger partial charge is 0.225 e. The zero-order chi connectivity index (χ0) is 14.5. The molecule has 0 aliphatic heterocycles. The number of rotatable bonds is 5. The molecule has 0 radical (unpaired) electrons. The first-order valence-electron chi connectivity index (χ1n) is 6.98. The molecule has 0 fully saturated rings. The number of nitrogens with one attached hydrogen (secondary N) is 2. The van der Waals surface area contributed by atoms with Gasteiger partial charge in [0.15, 0.2) is 0 Å². The van der Waals surface area contributed by atoms with E-state index >= 15 is 0 Å². The van der Waals surface area contributed by atoms with Crippen LogP contribution in [0, 0.1) is 6.92 Å². The Balaban J connectivity index is 2.14. The lowest BCUT2D eigenvalue weighted by atomic mass is 10.1. The topological polar surface area (TPSA) is 49.8 Å². The largest absolute Gasteiger partial charge is 0.368 e. The highest BCUT2D eigenvalue weighted by molar-refractivity contribution is 5.43. The van der Waals surface area contributed by atoms with Crippen LogP contribution in [0.5, 0.6) is 0 Å². The van der Waals surface area contributed by atoms with Crippen molar-refractivity contribution in [1.82, 2.24) is 9.97 Å². The van der Waals surface area contributed by atoms with E-state index in [1.54, 1.807) is 0 Å². The van der Waals surface area contributed by atoms with Gasteiger partial charge in [-0.15, -0.1) is 0 Å². The van der Waals surface area contributed by atoms with Crippen molar-refractivity contribution >= 4 is 11.8 Å². The van der Waals surface area contributed by atoms with Gasteiger partial charge in [-0.3, -0.25) is 0 Å². The summed E-state index contributed by atoms with van der Waals surface area (Å²) in [5.74, 6) is 1.51. The van der Waals surface area contributed by atoms with Gasteiger partial charge in [-0.25, -0.2) is 4.98 Å². The number of hydrogen-bond donors (Lipinski definition) is 2. The molecule has 1 heterocycles. The van der Waals surface area contributed by atoms with Gasteiger partial charge in [0.25, 0.3) is 0 Å². The van der Waals surface area contributed by atoms with Crippen LogP contribution in [0.3, 0.4) is 0 Å². The van der Waals surface area contributed by atoms with E-state index in [4.69, 9.17) is 0 Å². The number of aryl methyl sites for hydroxylation is 1. The van der Waals surface area contributed by atoms with E-state index in [9.17, 15) is 0 Å². The van der Waals surface area contributed by atoms with Crippen LogP contribution in [-0.4, -0.2) is 16.0 Å². The van der Waals surface area contributed by atoms with Crippen LogP contribution in [0.25, 0.3) is 0 Å². The summed E-state index contributed by atoms with van der Waals surface area (Å²) in [5.41, 5.74) is 2.17. The fourth-order valence-electron chi connectivity index (χ4n) is 2.02. The van der Waals surface area contributed by atoms with Crippen molar-refractivity contribution in [2.45, 2.75) is 39.8 Å². The van der Waals surface area contributed by atoms with Crippen molar-refractivity contribution in [2.75, 3.05) is 10.6 Å². The van der Waals surface area contributed by atoms with Crippen LogP contribution in [0.15, 0.2) is 36.4 Å². The number of anilines is 2. The lowest BCUT2D eigenvalue weighted by Gasteiger charge is -2.16. The molecule has 106 valence electrons. The van der Waals surface area contributed by atoms with E-state index in [0.29, 0.717) is 12.0 Å². The summed E-state index contributed by atoms with van der Waals surface area (Å²) in [6.45, 7) is 8.27. The standard InChI is InChI=1S/C16H22N4/c1-11(2)17-15-10-12(3)18-16(20-15)19-13(4)14-8-6-5-7-9-14/h5-11,13H,1-4H3,(H2,17,18,19,20). The van der Waals surface area contributed by atoms with Gasteiger partial charge in [0.05, 0.1) is 6.04 Å². The second kappa shape index (κ2) is 6.37. The zero-order valence-electron chi connectivity index (χ0n) is 12.5. The second-order valence-corrected chi connectivity index (χ2v) is 5.29. The average molecular weight is 270 g/mol. The maximum absolute atomic E-state index is 4.51. The number of hydrogen-bond acceptors (Lipinski definition) is 4. The molecule has 4 nitrogen and oxygen atoms in total. The van der Waals surface area contributed by atoms with Crippen LogP contribution in [0.1, 0.15) is 38.1 Å². The summed E-state index contributed by atoms with van der Waals surface area (Å²) in [5, 5.41) is 6.66. The minimum Gasteiger partial charge on any atom is -0.368 e. The summed E-state index contributed by atoms with van der Waals surface area (Å²) in [6.07, 6.45) is 0. The van der Waals surface area contributed by atoms with Crippen molar-refractivity contribution in [3.05, 3.63) is 47.7 Å². The lowest BCUT2D eigenvalue weighted by molar-refractivity contribution is 0.848. The van der Waals surface area contributed by atoms with Gasteiger partial charge in [0.1, 0.15) is 5.82 Å². The second-order valence-electron chi connectivity index (χ2n) is 5.29. The fraction of sp³-hybridized carbons (Fsp3) is 0.375.